The third-order valence-electron chi connectivity index (χ3n) is 2.39. The van der Waals surface area contributed by atoms with Gasteiger partial charge in [-0.15, -0.1) is 0 Å². The zero-order valence-corrected chi connectivity index (χ0v) is 11.0. The molecular formula is C8H18F3N3O2S. The van der Waals surface area contributed by atoms with Crippen molar-refractivity contribution in [2.24, 2.45) is 11.3 Å². The van der Waals surface area contributed by atoms with E-state index in [0.717, 1.165) is 7.05 Å². The number of halogens is 3. The molecule has 0 aliphatic rings. The highest BCUT2D eigenvalue weighted by Gasteiger charge is 2.49. The van der Waals surface area contributed by atoms with Gasteiger partial charge in [0.1, 0.15) is 0 Å². The Balaban J connectivity index is 4.94. The molecule has 5 nitrogen and oxygen atoms in total. The van der Waals surface area contributed by atoms with E-state index >= 15 is 0 Å². The average molecular weight is 277 g/mol. The van der Waals surface area contributed by atoms with Crippen LogP contribution in [0.15, 0.2) is 0 Å². The Labute approximate surface area is 99.2 Å². The highest BCUT2D eigenvalue weighted by Crippen LogP contribution is 2.27. The fraction of sp³-hybridized carbons (Fsp3) is 1.00. The predicted octanol–water partition coefficient (Wildman–Crippen LogP) is 0.646. The van der Waals surface area contributed by atoms with E-state index < -0.39 is 27.0 Å². The number of likely N-dealkylation sites (N-methyl/N-ethyl adjacent to an activating group) is 1. The van der Waals surface area contributed by atoms with Crippen LogP contribution in [0, 0.1) is 5.41 Å². The van der Waals surface area contributed by atoms with Gasteiger partial charge in [0.15, 0.2) is 0 Å². The SMILES string of the molecule is CN(C[C@@H](NN)C(C)(C)C)S(=O)(=O)C(F)(F)F. The quantitative estimate of drug-likeness (QED) is 0.584. The summed E-state index contributed by atoms with van der Waals surface area (Å²) in [6, 6.07) is -0.593. The van der Waals surface area contributed by atoms with Crippen LogP contribution in [0.2, 0.25) is 0 Å². The van der Waals surface area contributed by atoms with Crippen LogP contribution in [0.4, 0.5) is 13.2 Å². The second kappa shape index (κ2) is 5.09. The van der Waals surface area contributed by atoms with Crippen molar-refractivity contribution >= 4 is 10.0 Å². The molecule has 0 unspecified atom stereocenters. The van der Waals surface area contributed by atoms with Crippen molar-refractivity contribution < 1.29 is 21.6 Å². The van der Waals surface area contributed by atoms with Crippen LogP contribution in [0.25, 0.3) is 0 Å². The van der Waals surface area contributed by atoms with Gasteiger partial charge in [-0.2, -0.15) is 17.5 Å². The molecule has 0 fully saturated rings. The Morgan fingerprint density at radius 3 is 1.94 bits per heavy atom. The van der Waals surface area contributed by atoms with Crippen LogP contribution >= 0.6 is 0 Å². The first-order valence-electron chi connectivity index (χ1n) is 4.82. The molecule has 0 aromatic rings. The van der Waals surface area contributed by atoms with Gasteiger partial charge in [-0.05, 0) is 5.41 Å². The Hall–Kier alpha value is -0.380. The van der Waals surface area contributed by atoms with E-state index in [2.05, 4.69) is 5.43 Å². The fourth-order valence-corrected chi connectivity index (χ4v) is 1.81. The lowest BCUT2D eigenvalue weighted by atomic mass is 9.87. The minimum atomic E-state index is -5.30. The Morgan fingerprint density at radius 1 is 1.29 bits per heavy atom. The summed E-state index contributed by atoms with van der Waals surface area (Å²) in [4.78, 5) is 0. The summed E-state index contributed by atoms with van der Waals surface area (Å²) in [5, 5.41) is 0. The van der Waals surface area contributed by atoms with Gasteiger partial charge in [-0.25, -0.2) is 8.42 Å². The van der Waals surface area contributed by atoms with Gasteiger partial charge in [0.05, 0.1) is 0 Å². The average Bonchev–Trinajstić information content (AvgIpc) is 2.09. The van der Waals surface area contributed by atoms with Gasteiger partial charge in [0.25, 0.3) is 0 Å². The van der Waals surface area contributed by atoms with Gasteiger partial charge >= 0.3 is 15.5 Å². The van der Waals surface area contributed by atoms with Crippen molar-refractivity contribution in [3.8, 4) is 0 Å². The standard InChI is InChI=1S/C8H18F3N3O2S/c1-7(2,3)6(13-12)5-14(4)17(15,16)8(9,10)11/h6,13H,5,12H2,1-4H3/t6-/m1/s1. The molecular weight excluding hydrogens is 259 g/mol. The van der Waals surface area contributed by atoms with Gasteiger partial charge < -0.3 is 0 Å². The highest BCUT2D eigenvalue weighted by molar-refractivity contribution is 7.89. The number of sulfonamides is 1. The van der Waals surface area contributed by atoms with Gasteiger partial charge in [0.2, 0.25) is 0 Å². The van der Waals surface area contributed by atoms with E-state index in [0.29, 0.717) is 0 Å². The lowest BCUT2D eigenvalue weighted by Gasteiger charge is -2.33. The zero-order valence-electron chi connectivity index (χ0n) is 10.2. The Kier molecular flexibility index (Phi) is 4.97. The van der Waals surface area contributed by atoms with Crippen LogP contribution in [0.1, 0.15) is 20.8 Å². The normalized spacial score (nSPS) is 16.3. The first kappa shape index (κ1) is 16.6. The second-order valence-electron chi connectivity index (χ2n) is 4.82. The lowest BCUT2D eigenvalue weighted by Crippen LogP contribution is -2.53. The van der Waals surface area contributed by atoms with Crippen molar-refractivity contribution in [1.82, 2.24) is 9.73 Å². The van der Waals surface area contributed by atoms with Crippen LogP contribution in [0.3, 0.4) is 0 Å². The summed E-state index contributed by atoms with van der Waals surface area (Å²) in [5.74, 6) is 5.21. The second-order valence-corrected chi connectivity index (χ2v) is 6.85. The molecule has 1 atom stereocenters. The molecule has 17 heavy (non-hydrogen) atoms. The van der Waals surface area contributed by atoms with Crippen LogP contribution in [0.5, 0.6) is 0 Å². The third-order valence-corrected chi connectivity index (χ3v) is 3.94. The largest absolute Gasteiger partial charge is 0.511 e. The predicted molar refractivity (Wildman–Crippen MR) is 58.2 cm³/mol. The van der Waals surface area contributed by atoms with Crippen molar-refractivity contribution in [3.63, 3.8) is 0 Å². The number of nitrogens with two attached hydrogens (primary N) is 1. The number of hydrogen-bond donors (Lipinski definition) is 2. The number of hydrazine groups is 1. The highest BCUT2D eigenvalue weighted by atomic mass is 32.2. The number of alkyl halides is 3. The lowest BCUT2D eigenvalue weighted by molar-refractivity contribution is -0.0486. The van der Waals surface area contributed by atoms with Crippen molar-refractivity contribution in [2.75, 3.05) is 13.6 Å². The molecule has 0 saturated heterocycles. The first-order valence-corrected chi connectivity index (χ1v) is 6.26. The summed E-state index contributed by atoms with van der Waals surface area (Å²) >= 11 is 0. The van der Waals surface area contributed by atoms with E-state index in [-0.39, 0.29) is 10.8 Å². The molecule has 3 N–H and O–H groups in total. The number of nitrogens with one attached hydrogen (secondary N) is 1. The monoisotopic (exact) mass is 277 g/mol. The molecule has 0 aromatic heterocycles. The molecule has 0 rings (SSSR count). The molecule has 0 amide bonds. The molecule has 0 saturated carbocycles. The van der Waals surface area contributed by atoms with E-state index in [9.17, 15) is 21.6 Å². The molecule has 104 valence electrons. The minimum Gasteiger partial charge on any atom is -0.271 e. The van der Waals surface area contributed by atoms with Crippen LogP contribution in [-0.4, -0.2) is 37.9 Å². The summed E-state index contributed by atoms with van der Waals surface area (Å²) in [7, 11) is -4.43. The molecule has 0 aliphatic heterocycles. The fourth-order valence-electron chi connectivity index (χ4n) is 1.11. The maximum Gasteiger partial charge on any atom is 0.511 e. The molecule has 0 aliphatic carbocycles. The van der Waals surface area contributed by atoms with E-state index in [1.165, 1.54) is 0 Å². The maximum absolute atomic E-state index is 12.3. The molecule has 0 bridgehead atoms. The summed E-state index contributed by atoms with van der Waals surface area (Å²) in [6.07, 6.45) is 0. The van der Waals surface area contributed by atoms with Crippen molar-refractivity contribution in [3.05, 3.63) is 0 Å². The molecule has 9 heteroatoms. The number of nitrogens with zero attached hydrogens (tertiary/aromatic N) is 1. The van der Waals surface area contributed by atoms with E-state index in [1.807, 2.05) is 0 Å². The Morgan fingerprint density at radius 2 is 1.71 bits per heavy atom. The van der Waals surface area contributed by atoms with Crippen LogP contribution < -0.4 is 11.3 Å². The summed E-state index contributed by atoms with van der Waals surface area (Å²) in [5.41, 5.74) is -3.44. The van der Waals surface area contributed by atoms with Gasteiger partial charge in [0, 0.05) is 19.6 Å². The van der Waals surface area contributed by atoms with Gasteiger partial charge in [-0.1, -0.05) is 20.8 Å². The Bertz CT molecular complexity index is 348. The molecule has 0 aromatic carbocycles. The molecule has 0 spiro atoms. The zero-order chi connectivity index (χ0) is 14.1. The molecule has 0 radical (unpaired) electrons. The smallest absolute Gasteiger partial charge is 0.271 e. The van der Waals surface area contributed by atoms with Crippen LogP contribution in [-0.2, 0) is 10.0 Å². The first-order chi connectivity index (χ1) is 7.34. The number of rotatable bonds is 4. The van der Waals surface area contributed by atoms with E-state index in [1.54, 1.807) is 20.8 Å². The van der Waals surface area contributed by atoms with Crippen molar-refractivity contribution in [1.29, 1.82) is 0 Å². The van der Waals surface area contributed by atoms with Crippen molar-refractivity contribution in [2.45, 2.75) is 32.3 Å². The maximum atomic E-state index is 12.3. The summed E-state index contributed by atoms with van der Waals surface area (Å²) < 4.78 is 59.1. The topological polar surface area (TPSA) is 75.4 Å². The minimum absolute atomic E-state index is 0.253. The summed E-state index contributed by atoms with van der Waals surface area (Å²) in [6.45, 7) is 4.87. The third kappa shape index (κ3) is 4.09. The van der Waals surface area contributed by atoms with Gasteiger partial charge in [-0.3, -0.25) is 11.3 Å². The van der Waals surface area contributed by atoms with E-state index in [4.69, 9.17) is 5.84 Å². The number of hydrogen-bond acceptors (Lipinski definition) is 4. The molecule has 0 heterocycles.